The van der Waals surface area contributed by atoms with Gasteiger partial charge in [-0.1, -0.05) is 0 Å². The summed E-state index contributed by atoms with van der Waals surface area (Å²) in [5, 5.41) is 19.9. The van der Waals surface area contributed by atoms with Gasteiger partial charge in [-0.25, -0.2) is 0 Å². The molecular formula is C16H14Cl2N4S2Sn. The van der Waals surface area contributed by atoms with Crippen molar-refractivity contribution in [3.8, 4) is 12.1 Å². The molecule has 0 spiro atoms. The molecule has 2 rings (SSSR count). The molecule has 2 aromatic heterocycles. The van der Waals surface area contributed by atoms with Crippen LogP contribution in [-0.4, -0.2) is 23.3 Å². The van der Waals surface area contributed by atoms with E-state index in [-0.39, 0.29) is 0 Å². The van der Waals surface area contributed by atoms with Gasteiger partial charge in [0.15, 0.2) is 0 Å². The predicted octanol–water partition coefficient (Wildman–Crippen LogP) is 5.25. The van der Waals surface area contributed by atoms with Gasteiger partial charge in [0.1, 0.15) is 0 Å². The normalized spacial score (nSPS) is 11.0. The molecule has 0 atom stereocenters. The van der Waals surface area contributed by atoms with Gasteiger partial charge in [-0.05, 0) is 0 Å². The van der Waals surface area contributed by atoms with Crippen LogP contribution < -0.4 is 0 Å². The average Bonchev–Trinajstić information content (AvgIpc) is 2.45. The van der Waals surface area contributed by atoms with Crippen molar-refractivity contribution in [2.75, 3.05) is 0 Å². The maximum absolute atomic E-state index is 9.40. The first-order chi connectivity index (χ1) is 11.7. The van der Waals surface area contributed by atoms with E-state index in [0.717, 1.165) is 22.5 Å². The summed E-state index contributed by atoms with van der Waals surface area (Å²) in [4.78, 5) is 8.87. The van der Waals surface area contributed by atoms with E-state index in [1.165, 1.54) is 17.9 Å². The van der Waals surface area contributed by atoms with E-state index in [2.05, 4.69) is 22.1 Å². The Labute approximate surface area is 164 Å². The Kier molecular flexibility index (Phi) is 6.92. The zero-order valence-electron chi connectivity index (χ0n) is 14.0. The van der Waals surface area contributed by atoms with E-state index in [4.69, 9.17) is 17.8 Å². The van der Waals surface area contributed by atoms with Gasteiger partial charge in [-0.3, -0.25) is 0 Å². The standard InChI is InChI=1S/2C8H8N2S.2ClH.Sn/c2*1-5-3-6(2)10-8(11)7(5)4-9;;;/h2*3H,1-2H3,(H,10,11);2*1H;/q;;;;+4/p-4. The second-order valence-corrected chi connectivity index (χ2v) is 37.6. The molecule has 0 amide bonds. The Balaban J connectivity index is 2.40. The Bertz CT molecular complexity index is 846. The molecule has 0 saturated carbocycles. The summed E-state index contributed by atoms with van der Waals surface area (Å²) in [7, 11) is 15.9. The van der Waals surface area contributed by atoms with Gasteiger partial charge in [-0.15, -0.1) is 0 Å². The molecule has 0 aliphatic carbocycles. The van der Waals surface area contributed by atoms with E-state index in [9.17, 15) is 10.5 Å². The van der Waals surface area contributed by atoms with Crippen LogP contribution in [0.1, 0.15) is 33.6 Å². The van der Waals surface area contributed by atoms with Gasteiger partial charge in [0.25, 0.3) is 0 Å². The van der Waals surface area contributed by atoms with Crippen LogP contribution in [-0.2, 0) is 0 Å². The van der Waals surface area contributed by atoms with Crippen LogP contribution in [0.4, 0.5) is 0 Å². The third kappa shape index (κ3) is 5.18. The van der Waals surface area contributed by atoms with E-state index in [1.54, 1.807) is 0 Å². The SMILES string of the molecule is Cc1cc(C)c(C#N)c([S][Sn]([Cl])([Cl])[S]c2nc(C)cc(C)c2C#N)n1. The van der Waals surface area contributed by atoms with Crippen molar-refractivity contribution < 1.29 is 0 Å². The minimum atomic E-state index is -3.86. The quantitative estimate of drug-likeness (QED) is 0.518. The molecule has 0 aromatic carbocycles. The second kappa shape index (κ2) is 8.37. The molecule has 0 radical (unpaired) electrons. The van der Waals surface area contributed by atoms with Crippen molar-refractivity contribution in [3.05, 3.63) is 45.8 Å². The molecule has 0 bridgehead atoms. The fraction of sp³-hybridized carbons (Fsp3) is 0.250. The van der Waals surface area contributed by atoms with Crippen LogP contribution in [0.2, 0.25) is 0 Å². The van der Waals surface area contributed by atoms with Crippen molar-refractivity contribution >= 4 is 49.1 Å². The van der Waals surface area contributed by atoms with Crippen LogP contribution in [0.15, 0.2) is 22.2 Å². The van der Waals surface area contributed by atoms with Gasteiger partial charge in [0, 0.05) is 0 Å². The summed E-state index contributed by atoms with van der Waals surface area (Å²) in [6.07, 6.45) is 0. The molecule has 0 saturated heterocycles. The zero-order chi connectivity index (χ0) is 18.8. The number of nitrogens with zero attached hydrogens (tertiary/aromatic N) is 4. The summed E-state index contributed by atoms with van der Waals surface area (Å²) in [5.74, 6) is 0. The Morgan fingerprint density at radius 3 is 1.52 bits per heavy atom. The van der Waals surface area contributed by atoms with Gasteiger partial charge in [-0.2, -0.15) is 0 Å². The Morgan fingerprint density at radius 2 is 1.20 bits per heavy atom. The summed E-state index contributed by atoms with van der Waals surface area (Å²) in [5.41, 5.74) is 4.29. The fourth-order valence-electron chi connectivity index (χ4n) is 2.27. The van der Waals surface area contributed by atoms with Crippen molar-refractivity contribution in [3.63, 3.8) is 0 Å². The molecule has 0 fully saturated rings. The van der Waals surface area contributed by atoms with Gasteiger partial charge in [0.2, 0.25) is 0 Å². The first-order valence-electron chi connectivity index (χ1n) is 7.19. The van der Waals surface area contributed by atoms with Crippen LogP contribution in [0.5, 0.6) is 0 Å². The van der Waals surface area contributed by atoms with Crippen LogP contribution >= 0.6 is 35.7 Å². The number of nitriles is 2. The maximum atomic E-state index is 9.40. The second-order valence-electron chi connectivity index (χ2n) is 5.41. The zero-order valence-corrected chi connectivity index (χ0v) is 20.0. The summed E-state index contributed by atoms with van der Waals surface area (Å²) in [6.45, 7) is 7.46. The topological polar surface area (TPSA) is 73.4 Å². The minimum absolute atomic E-state index is 0.493. The van der Waals surface area contributed by atoms with Crippen LogP contribution in [0.3, 0.4) is 0 Å². The fourth-order valence-corrected chi connectivity index (χ4v) is 20.4. The third-order valence-corrected chi connectivity index (χ3v) is 21.7. The molecule has 9 heteroatoms. The molecule has 0 aliphatic heterocycles. The van der Waals surface area contributed by atoms with E-state index in [0.29, 0.717) is 21.2 Å². The van der Waals surface area contributed by atoms with Crippen LogP contribution in [0, 0.1) is 50.4 Å². The van der Waals surface area contributed by atoms with E-state index >= 15 is 0 Å². The molecule has 0 N–H and O–H groups in total. The number of hydrogen-bond donors (Lipinski definition) is 0. The third-order valence-electron chi connectivity index (χ3n) is 3.28. The number of aromatic nitrogens is 2. The van der Waals surface area contributed by atoms with E-state index in [1.807, 2.05) is 39.8 Å². The number of rotatable bonds is 4. The number of pyridine rings is 2. The van der Waals surface area contributed by atoms with Gasteiger partial charge < -0.3 is 0 Å². The molecule has 0 unspecified atom stereocenters. The summed E-state index contributed by atoms with van der Waals surface area (Å²) < 4.78 is 0. The van der Waals surface area contributed by atoms with Gasteiger partial charge >= 0.3 is 165 Å². The van der Waals surface area contributed by atoms with Crippen molar-refractivity contribution in [2.45, 2.75) is 37.7 Å². The summed E-state index contributed by atoms with van der Waals surface area (Å²) >= 11 is -3.86. The molecule has 2 heterocycles. The molecule has 4 nitrogen and oxygen atoms in total. The van der Waals surface area contributed by atoms with Crippen molar-refractivity contribution in [1.82, 2.24) is 9.97 Å². The van der Waals surface area contributed by atoms with Crippen LogP contribution in [0.25, 0.3) is 0 Å². The molecule has 2 aromatic rings. The molecular weight excluding hydrogens is 502 g/mol. The summed E-state index contributed by atoms with van der Waals surface area (Å²) in [6, 6.07) is 8.06. The molecule has 0 aliphatic rings. The first-order valence-corrected chi connectivity index (χ1v) is 23.0. The monoisotopic (exact) mass is 516 g/mol. The molecule has 25 heavy (non-hydrogen) atoms. The van der Waals surface area contributed by atoms with Crippen molar-refractivity contribution in [1.29, 1.82) is 10.5 Å². The molecule has 128 valence electrons. The number of hydrogen-bond acceptors (Lipinski definition) is 6. The predicted molar refractivity (Wildman–Crippen MR) is 106 cm³/mol. The number of halogens is 2. The Hall–Kier alpha value is -0.641. The van der Waals surface area contributed by atoms with E-state index < -0.39 is 13.4 Å². The van der Waals surface area contributed by atoms with Gasteiger partial charge in [0.05, 0.1) is 0 Å². The first kappa shape index (κ1) is 20.7. The van der Waals surface area contributed by atoms with Crippen molar-refractivity contribution in [2.24, 2.45) is 0 Å². The average molecular weight is 516 g/mol. The number of aryl methyl sites for hydroxylation is 4. The Morgan fingerprint density at radius 1 is 0.840 bits per heavy atom.